The summed E-state index contributed by atoms with van der Waals surface area (Å²) in [5.41, 5.74) is 0. The van der Waals surface area contributed by atoms with Crippen LogP contribution in [0.2, 0.25) is 19.6 Å². The summed E-state index contributed by atoms with van der Waals surface area (Å²) >= 11 is 0. The smallest absolute Gasteiger partial charge is 0.313 e. The Morgan fingerprint density at radius 3 is 2.33 bits per heavy atom. The molecular formula is C11H22O3Si. The topological polar surface area (TPSA) is 35.5 Å². The van der Waals surface area contributed by atoms with Crippen molar-refractivity contribution in [1.29, 1.82) is 0 Å². The molecule has 88 valence electrons. The van der Waals surface area contributed by atoms with Gasteiger partial charge in [-0.3, -0.25) is 4.79 Å². The van der Waals surface area contributed by atoms with E-state index in [1.165, 1.54) is 7.11 Å². The largest absolute Gasteiger partial charge is 0.547 e. The van der Waals surface area contributed by atoms with Crippen LogP contribution in [0.15, 0.2) is 11.8 Å². The van der Waals surface area contributed by atoms with Crippen molar-refractivity contribution in [1.82, 2.24) is 0 Å². The van der Waals surface area contributed by atoms with E-state index in [9.17, 15) is 4.79 Å². The number of ether oxygens (including phenoxy) is 1. The molecule has 0 aliphatic heterocycles. The van der Waals surface area contributed by atoms with Gasteiger partial charge in [0.2, 0.25) is 8.32 Å². The highest BCUT2D eigenvalue weighted by Crippen LogP contribution is 2.15. The first kappa shape index (κ1) is 14.2. The monoisotopic (exact) mass is 230 g/mol. The molecule has 0 N–H and O–H groups in total. The highest BCUT2D eigenvalue weighted by Gasteiger charge is 2.19. The molecule has 0 spiro atoms. The molecule has 3 nitrogen and oxygen atoms in total. The highest BCUT2D eigenvalue weighted by atomic mass is 28.4. The fourth-order valence-corrected chi connectivity index (χ4v) is 2.01. The van der Waals surface area contributed by atoms with E-state index in [-0.39, 0.29) is 12.4 Å². The number of carbonyl (C=O) groups excluding carboxylic acids is 1. The van der Waals surface area contributed by atoms with Crippen LogP contribution in [-0.2, 0) is 14.0 Å². The summed E-state index contributed by atoms with van der Waals surface area (Å²) in [5.74, 6) is 0.526. The van der Waals surface area contributed by atoms with Crippen LogP contribution in [0.3, 0.4) is 0 Å². The molecule has 0 fully saturated rings. The van der Waals surface area contributed by atoms with Gasteiger partial charge >= 0.3 is 5.97 Å². The molecule has 0 aromatic rings. The van der Waals surface area contributed by atoms with Crippen molar-refractivity contribution in [2.24, 2.45) is 0 Å². The van der Waals surface area contributed by atoms with Crippen LogP contribution < -0.4 is 0 Å². The maximum Gasteiger partial charge on any atom is 0.313 e. The van der Waals surface area contributed by atoms with Gasteiger partial charge in [-0.25, -0.2) is 0 Å². The number of esters is 1. The molecule has 0 aliphatic rings. The Kier molecular flexibility index (Phi) is 6.32. The molecule has 0 heterocycles. The number of hydrogen-bond acceptors (Lipinski definition) is 3. The van der Waals surface area contributed by atoms with Gasteiger partial charge in [-0.15, -0.1) is 0 Å². The van der Waals surface area contributed by atoms with Gasteiger partial charge in [-0.1, -0.05) is 13.3 Å². The average molecular weight is 230 g/mol. The van der Waals surface area contributed by atoms with Crippen molar-refractivity contribution in [2.75, 3.05) is 7.11 Å². The summed E-state index contributed by atoms with van der Waals surface area (Å²) < 4.78 is 10.4. The molecule has 0 saturated carbocycles. The molecule has 0 aromatic carbocycles. The van der Waals surface area contributed by atoms with Gasteiger partial charge in [0.05, 0.1) is 12.9 Å². The lowest BCUT2D eigenvalue weighted by atomic mass is 10.2. The maximum absolute atomic E-state index is 11.1. The highest BCUT2D eigenvalue weighted by molar-refractivity contribution is 6.70. The van der Waals surface area contributed by atoms with E-state index in [1.54, 1.807) is 0 Å². The minimum absolute atomic E-state index is 0.240. The molecule has 0 rings (SSSR count). The molecular weight excluding hydrogens is 208 g/mol. The minimum atomic E-state index is -1.63. The van der Waals surface area contributed by atoms with Crippen molar-refractivity contribution in [3.63, 3.8) is 0 Å². The van der Waals surface area contributed by atoms with Gasteiger partial charge in [0, 0.05) is 0 Å². The van der Waals surface area contributed by atoms with E-state index in [0.29, 0.717) is 0 Å². The van der Waals surface area contributed by atoms with Gasteiger partial charge in [-0.05, 0) is 32.1 Å². The Morgan fingerprint density at radius 1 is 1.33 bits per heavy atom. The quantitative estimate of drug-likeness (QED) is 0.399. The van der Waals surface area contributed by atoms with Crippen molar-refractivity contribution in [3.8, 4) is 0 Å². The molecule has 4 heteroatoms. The zero-order chi connectivity index (χ0) is 11.9. The van der Waals surface area contributed by atoms with Crippen LogP contribution in [0.1, 0.15) is 26.2 Å². The predicted octanol–water partition coefficient (Wildman–Crippen LogP) is 3.09. The van der Waals surface area contributed by atoms with Crippen molar-refractivity contribution >= 4 is 14.3 Å². The number of hydrogen-bond donors (Lipinski definition) is 0. The minimum Gasteiger partial charge on any atom is -0.547 e. The Labute approximate surface area is 93.6 Å². The van der Waals surface area contributed by atoms with E-state index in [0.717, 1.165) is 18.6 Å². The Balaban J connectivity index is 4.38. The maximum atomic E-state index is 11.1. The van der Waals surface area contributed by atoms with Crippen LogP contribution >= 0.6 is 0 Å². The van der Waals surface area contributed by atoms with Gasteiger partial charge < -0.3 is 9.16 Å². The second-order valence-electron chi connectivity index (χ2n) is 4.43. The lowest BCUT2D eigenvalue weighted by Crippen LogP contribution is -2.25. The zero-order valence-corrected chi connectivity index (χ0v) is 11.4. The number of methoxy groups -OCH3 is 1. The third-order valence-electron chi connectivity index (χ3n) is 1.64. The average Bonchev–Trinajstić information content (AvgIpc) is 2.11. The van der Waals surface area contributed by atoms with Crippen LogP contribution in [0.25, 0.3) is 0 Å². The van der Waals surface area contributed by atoms with Crippen molar-refractivity contribution < 1.29 is 14.0 Å². The summed E-state index contributed by atoms with van der Waals surface area (Å²) in [4.78, 5) is 11.1. The van der Waals surface area contributed by atoms with Crippen LogP contribution in [-0.4, -0.2) is 21.4 Å². The van der Waals surface area contributed by atoms with E-state index in [1.807, 2.05) is 6.08 Å². The summed E-state index contributed by atoms with van der Waals surface area (Å²) in [6.07, 6.45) is 4.24. The number of unbranched alkanes of at least 4 members (excludes halogenated alkanes) is 1. The van der Waals surface area contributed by atoms with E-state index < -0.39 is 8.32 Å². The first-order valence-electron chi connectivity index (χ1n) is 5.34. The van der Waals surface area contributed by atoms with Crippen LogP contribution in [0.5, 0.6) is 0 Å². The van der Waals surface area contributed by atoms with Gasteiger partial charge in [0.25, 0.3) is 0 Å². The lowest BCUT2D eigenvalue weighted by Gasteiger charge is -2.21. The molecule has 0 atom stereocenters. The summed E-state index contributed by atoms with van der Waals surface area (Å²) in [7, 11) is -0.229. The molecule has 0 radical (unpaired) electrons. The lowest BCUT2D eigenvalue weighted by molar-refractivity contribution is -0.140. The third kappa shape index (κ3) is 8.24. The van der Waals surface area contributed by atoms with Crippen LogP contribution in [0.4, 0.5) is 0 Å². The van der Waals surface area contributed by atoms with Gasteiger partial charge in [0.15, 0.2) is 0 Å². The molecule has 0 amide bonds. The van der Waals surface area contributed by atoms with Gasteiger partial charge in [-0.2, -0.15) is 0 Å². The summed E-state index contributed by atoms with van der Waals surface area (Å²) in [6.45, 7) is 8.40. The molecule has 0 unspecified atom stereocenters. The number of rotatable bonds is 6. The second kappa shape index (κ2) is 6.66. The Hall–Kier alpha value is -0.773. The zero-order valence-electron chi connectivity index (χ0n) is 10.4. The van der Waals surface area contributed by atoms with E-state index in [4.69, 9.17) is 4.43 Å². The molecule has 0 bridgehead atoms. The predicted molar refractivity (Wildman–Crippen MR) is 64.1 cm³/mol. The fourth-order valence-electron chi connectivity index (χ4n) is 1.06. The summed E-state index contributed by atoms with van der Waals surface area (Å²) in [6, 6.07) is 0. The molecule has 15 heavy (non-hydrogen) atoms. The molecule has 0 aliphatic carbocycles. The molecule has 0 saturated heterocycles. The third-order valence-corrected chi connectivity index (χ3v) is 2.52. The van der Waals surface area contributed by atoms with E-state index >= 15 is 0 Å². The molecule has 0 aromatic heterocycles. The van der Waals surface area contributed by atoms with Crippen molar-refractivity contribution in [3.05, 3.63) is 11.8 Å². The first-order valence-corrected chi connectivity index (χ1v) is 8.74. The standard InChI is InChI=1S/C11H22O3Si/c1-6-7-8-10(9-11(12)13-2)14-15(3,4)5/h8H,6-7,9H2,1-5H3/b10-8+. The summed E-state index contributed by atoms with van der Waals surface area (Å²) in [5, 5.41) is 0. The second-order valence-corrected chi connectivity index (χ2v) is 8.86. The fraction of sp³-hybridized carbons (Fsp3) is 0.727. The Bertz CT molecular complexity index is 228. The Morgan fingerprint density at radius 2 is 1.93 bits per heavy atom. The SMILES string of the molecule is CCC/C=C(\CC(=O)OC)O[Si](C)(C)C. The van der Waals surface area contributed by atoms with Gasteiger partial charge in [0.1, 0.15) is 6.42 Å². The van der Waals surface area contributed by atoms with Crippen LogP contribution in [0, 0.1) is 0 Å². The van der Waals surface area contributed by atoms with Crippen molar-refractivity contribution in [2.45, 2.75) is 45.8 Å². The number of allylic oxidation sites excluding steroid dienone is 1. The normalized spacial score (nSPS) is 12.5. The number of carbonyl (C=O) groups is 1. The first-order chi connectivity index (χ1) is 6.89. The van der Waals surface area contributed by atoms with E-state index in [2.05, 4.69) is 31.3 Å².